The minimum Gasteiger partial charge on any atom is -0.370 e. The number of rotatable bonds is 1. The van der Waals surface area contributed by atoms with Gasteiger partial charge in [-0.25, -0.2) is 0 Å². The number of nitrogens with one attached hydrogen (secondary N) is 1. The highest BCUT2D eigenvalue weighted by molar-refractivity contribution is 9.10. The molecule has 3 nitrogen and oxygen atoms in total. The van der Waals surface area contributed by atoms with E-state index in [-0.39, 0.29) is 0 Å². The number of aryl methyl sites for hydroxylation is 1. The summed E-state index contributed by atoms with van der Waals surface area (Å²) in [5.41, 5.74) is 7.65. The maximum Gasteiger partial charge on any atom is 0.192 e. The molecule has 0 saturated heterocycles. The Kier molecular flexibility index (Phi) is 3.31. The van der Waals surface area contributed by atoms with Crippen LogP contribution in [0.2, 0.25) is 0 Å². The van der Waals surface area contributed by atoms with E-state index in [1.54, 1.807) is 7.05 Å². The van der Waals surface area contributed by atoms with Crippen molar-refractivity contribution in [3.05, 3.63) is 28.2 Å². The molecule has 4 heteroatoms. The number of hydrogen-bond donors (Lipinski definition) is 2. The molecule has 1 aromatic carbocycles. The van der Waals surface area contributed by atoms with Gasteiger partial charge in [-0.2, -0.15) is 0 Å². The number of benzene rings is 1. The molecule has 0 spiro atoms. The summed E-state index contributed by atoms with van der Waals surface area (Å²) in [7, 11) is 1.64. The fraction of sp³-hybridized carbons (Fsp3) is 0.222. The van der Waals surface area contributed by atoms with E-state index in [1.165, 1.54) is 5.56 Å². The van der Waals surface area contributed by atoms with Gasteiger partial charge >= 0.3 is 0 Å². The van der Waals surface area contributed by atoms with Crippen LogP contribution in [0, 0.1) is 6.92 Å². The van der Waals surface area contributed by atoms with E-state index < -0.39 is 0 Å². The Morgan fingerprint density at radius 3 is 2.85 bits per heavy atom. The third-order valence-corrected chi connectivity index (χ3v) is 2.32. The maximum atomic E-state index is 5.54. The van der Waals surface area contributed by atoms with Gasteiger partial charge in [0.15, 0.2) is 5.96 Å². The molecule has 0 amide bonds. The Labute approximate surface area is 86.2 Å². The van der Waals surface area contributed by atoms with Crippen molar-refractivity contribution in [3.63, 3.8) is 0 Å². The van der Waals surface area contributed by atoms with Crippen LogP contribution < -0.4 is 11.1 Å². The molecule has 1 rings (SSSR count). The average molecular weight is 242 g/mol. The zero-order valence-corrected chi connectivity index (χ0v) is 9.22. The van der Waals surface area contributed by atoms with E-state index >= 15 is 0 Å². The summed E-state index contributed by atoms with van der Waals surface area (Å²) in [6, 6.07) is 6.00. The van der Waals surface area contributed by atoms with E-state index in [4.69, 9.17) is 5.73 Å². The Hall–Kier alpha value is -1.03. The van der Waals surface area contributed by atoms with E-state index in [0.717, 1.165) is 10.2 Å². The van der Waals surface area contributed by atoms with Gasteiger partial charge in [-0.1, -0.05) is 6.07 Å². The van der Waals surface area contributed by atoms with Gasteiger partial charge in [0, 0.05) is 11.5 Å². The van der Waals surface area contributed by atoms with Crippen molar-refractivity contribution in [1.82, 2.24) is 0 Å². The van der Waals surface area contributed by atoms with Crippen molar-refractivity contribution in [2.24, 2.45) is 10.7 Å². The molecule has 0 unspecified atom stereocenters. The highest BCUT2D eigenvalue weighted by atomic mass is 79.9. The van der Waals surface area contributed by atoms with Gasteiger partial charge in [-0.3, -0.25) is 4.99 Å². The molecule has 3 N–H and O–H groups in total. The predicted octanol–water partition coefficient (Wildman–Crippen LogP) is 2.11. The third kappa shape index (κ3) is 2.73. The third-order valence-electron chi connectivity index (χ3n) is 1.63. The quantitative estimate of drug-likeness (QED) is 0.585. The highest BCUT2D eigenvalue weighted by Crippen LogP contribution is 2.22. The van der Waals surface area contributed by atoms with Crippen molar-refractivity contribution in [1.29, 1.82) is 0 Å². The summed E-state index contributed by atoms with van der Waals surface area (Å²) in [6.07, 6.45) is 0. The second-order valence-electron chi connectivity index (χ2n) is 2.72. The number of hydrogen-bond acceptors (Lipinski definition) is 1. The average Bonchev–Trinajstić information content (AvgIpc) is 2.11. The van der Waals surface area contributed by atoms with Crippen LogP contribution in [-0.4, -0.2) is 13.0 Å². The largest absolute Gasteiger partial charge is 0.370 e. The molecular formula is C9H12BrN3. The molecule has 13 heavy (non-hydrogen) atoms. The monoisotopic (exact) mass is 241 g/mol. The van der Waals surface area contributed by atoms with Crippen LogP contribution in [0.3, 0.4) is 0 Å². The van der Waals surface area contributed by atoms with Crippen molar-refractivity contribution < 1.29 is 0 Å². The first-order valence-electron chi connectivity index (χ1n) is 3.89. The first kappa shape index (κ1) is 10.1. The summed E-state index contributed by atoms with van der Waals surface area (Å²) in [5.74, 6) is 0.409. The standard InChI is InChI=1S/C9H12BrN3/c1-6-3-4-7(10)8(5-6)13-9(11)12-2/h3-5H,1-2H3,(H3,11,12,13). The van der Waals surface area contributed by atoms with Crippen molar-refractivity contribution >= 4 is 27.6 Å². The van der Waals surface area contributed by atoms with Gasteiger partial charge in [-0.05, 0) is 40.5 Å². The van der Waals surface area contributed by atoms with Crippen molar-refractivity contribution in [2.75, 3.05) is 12.4 Å². The zero-order valence-electron chi connectivity index (χ0n) is 7.63. The van der Waals surface area contributed by atoms with E-state index in [1.807, 2.05) is 25.1 Å². The van der Waals surface area contributed by atoms with Crippen LogP contribution in [-0.2, 0) is 0 Å². The van der Waals surface area contributed by atoms with Crippen molar-refractivity contribution in [2.45, 2.75) is 6.92 Å². The van der Waals surface area contributed by atoms with E-state index in [9.17, 15) is 0 Å². The lowest BCUT2D eigenvalue weighted by Gasteiger charge is -2.07. The van der Waals surface area contributed by atoms with E-state index in [2.05, 4.69) is 26.2 Å². The maximum absolute atomic E-state index is 5.54. The molecule has 0 aliphatic rings. The Morgan fingerprint density at radius 2 is 2.23 bits per heavy atom. The first-order valence-corrected chi connectivity index (χ1v) is 4.68. The molecule has 0 radical (unpaired) electrons. The normalized spacial score (nSPS) is 11.5. The summed E-state index contributed by atoms with van der Waals surface area (Å²) in [5, 5.41) is 2.98. The summed E-state index contributed by atoms with van der Waals surface area (Å²) in [4.78, 5) is 3.82. The van der Waals surface area contributed by atoms with Crippen LogP contribution >= 0.6 is 15.9 Å². The van der Waals surface area contributed by atoms with Gasteiger partial charge in [0.25, 0.3) is 0 Å². The molecule has 0 aliphatic carbocycles. The summed E-state index contributed by atoms with van der Waals surface area (Å²) < 4.78 is 0.977. The molecular weight excluding hydrogens is 230 g/mol. The van der Waals surface area contributed by atoms with Crippen LogP contribution in [0.25, 0.3) is 0 Å². The minimum atomic E-state index is 0.409. The Balaban J connectivity index is 2.94. The number of aliphatic imine (C=N–C) groups is 1. The lowest BCUT2D eigenvalue weighted by atomic mass is 10.2. The number of nitrogens with two attached hydrogens (primary N) is 1. The Bertz CT molecular complexity index is 334. The van der Waals surface area contributed by atoms with Crippen LogP contribution in [0.4, 0.5) is 5.69 Å². The van der Waals surface area contributed by atoms with Crippen LogP contribution in [0.15, 0.2) is 27.7 Å². The Morgan fingerprint density at radius 1 is 1.54 bits per heavy atom. The molecule has 0 saturated carbocycles. The molecule has 0 atom stereocenters. The molecule has 0 heterocycles. The predicted molar refractivity (Wildman–Crippen MR) is 60.0 cm³/mol. The van der Waals surface area contributed by atoms with Gasteiger partial charge < -0.3 is 11.1 Å². The molecule has 1 aromatic rings. The molecule has 0 aliphatic heterocycles. The summed E-state index contributed by atoms with van der Waals surface area (Å²) in [6.45, 7) is 2.02. The minimum absolute atomic E-state index is 0.409. The van der Waals surface area contributed by atoms with Crippen molar-refractivity contribution in [3.8, 4) is 0 Å². The lowest BCUT2D eigenvalue weighted by Crippen LogP contribution is -2.22. The zero-order chi connectivity index (χ0) is 9.84. The molecule has 70 valence electrons. The molecule has 0 fully saturated rings. The SMILES string of the molecule is CN=C(N)Nc1cc(C)ccc1Br. The van der Waals surface area contributed by atoms with Gasteiger partial charge in [0.05, 0.1) is 5.69 Å². The van der Waals surface area contributed by atoms with Gasteiger partial charge in [0.1, 0.15) is 0 Å². The molecule has 0 bridgehead atoms. The van der Waals surface area contributed by atoms with Gasteiger partial charge in [-0.15, -0.1) is 0 Å². The number of guanidine groups is 1. The highest BCUT2D eigenvalue weighted by Gasteiger charge is 1.99. The number of nitrogens with zero attached hydrogens (tertiary/aromatic N) is 1. The van der Waals surface area contributed by atoms with Gasteiger partial charge in [0.2, 0.25) is 0 Å². The van der Waals surface area contributed by atoms with Crippen LogP contribution in [0.5, 0.6) is 0 Å². The second-order valence-corrected chi connectivity index (χ2v) is 3.57. The lowest BCUT2D eigenvalue weighted by molar-refractivity contribution is 1.37. The second kappa shape index (κ2) is 4.28. The summed E-state index contributed by atoms with van der Waals surface area (Å²) >= 11 is 3.42. The topological polar surface area (TPSA) is 50.4 Å². The van der Waals surface area contributed by atoms with E-state index in [0.29, 0.717) is 5.96 Å². The fourth-order valence-electron chi connectivity index (χ4n) is 0.929. The fourth-order valence-corrected chi connectivity index (χ4v) is 1.27. The van der Waals surface area contributed by atoms with Crippen LogP contribution in [0.1, 0.15) is 5.56 Å². The number of halogens is 1. The first-order chi connectivity index (χ1) is 6.13. The number of anilines is 1. The molecule has 0 aromatic heterocycles. The smallest absolute Gasteiger partial charge is 0.192 e.